The number of hydrogen-bond donors (Lipinski definition) is 1. The minimum atomic E-state index is -0.0131. The zero-order chi connectivity index (χ0) is 17.4. The van der Waals surface area contributed by atoms with E-state index < -0.39 is 0 Å². The maximum Gasteiger partial charge on any atom is 0.255 e. The third kappa shape index (κ3) is 3.28. The van der Waals surface area contributed by atoms with E-state index in [1.165, 1.54) is 5.56 Å². The van der Waals surface area contributed by atoms with Crippen molar-refractivity contribution in [1.82, 2.24) is 24.6 Å². The number of nitrogens with zero attached hydrogens (tertiary/aromatic N) is 5. The predicted molar refractivity (Wildman–Crippen MR) is 95.9 cm³/mol. The van der Waals surface area contributed by atoms with Gasteiger partial charge in [-0.25, -0.2) is 4.98 Å². The van der Waals surface area contributed by atoms with Crippen LogP contribution in [-0.2, 0) is 26.6 Å². The zero-order valence-electron chi connectivity index (χ0n) is 14.9. The minimum absolute atomic E-state index is 0.0131. The lowest BCUT2D eigenvalue weighted by atomic mass is 10.0. The van der Waals surface area contributed by atoms with Crippen molar-refractivity contribution in [3.63, 3.8) is 0 Å². The highest BCUT2D eigenvalue weighted by atomic mass is 16.1. The van der Waals surface area contributed by atoms with E-state index in [1.54, 1.807) is 0 Å². The number of H-pyrrole nitrogens is 1. The van der Waals surface area contributed by atoms with Crippen LogP contribution in [-0.4, -0.2) is 43.4 Å². The van der Waals surface area contributed by atoms with Gasteiger partial charge in [0.05, 0.1) is 22.7 Å². The van der Waals surface area contributed by atoms with Gasteiger partial charge in [0.25, 0.3) is 5.56 Å². The number of rotatable bonds is 3. The second-order valence-electron chi connectivity index (χ2n) is 7.00. The maximum absolute atomic E-state index is 12.6. The second-order valence-corrected chi connectivity index (χ2v) is 7.00. The first-order valence-corrected chi connectivity index (χ1v) is 8.97. The van der Waals surface area contributed by atoms with E-state index in [0.717, 1.165) is 68.0 Å². The minimum Gasteiger partial charge on any atom is -0.305 e. The fourth-order valence-corrected chi connectivity index (χ4v) is 3.69. The van der Waals surface area contributed by atoms with Crippen LogP contribution in [0.3, 0.4) is 0 Å². The molecule has 7 nitrogen and oxygen atoms in total. The Morgan fingerprint density at radius 3 is 2.88 bits per heavy atom. The summed E-state index contributed by atoms with van der Waals surface area (Å²) in [5, 5.41) is 4.40. The molecule has 1 N–H and O–H groups in total. The van der Waals surface area contributed by atoms with Crippen LogP contribution in [0.1, 0.15) is 47.6 Å². The van der Waals surface area contributed by atoms with Gasteiger partial charge in [0.15, 0.2) is 5.82 Å². The molecule has 2 aliphatic heterocycles. The first-order valence-electron chi connectivity index (χ1n) is 8.97. The topological polar surface area (TPSA) is 79.2 Å². The highest BCUT2D eigenvalue weighted by Crippen LogP contribution is 2.18. The van der Waals surface area contributed by atoms with Crippen molar-refractivity contribution < 1.29 is 0 Å². The lowest BCUT2D eigenvalue weighted by molar-refractivity contribution is 0.241. The molecule has 0 amide bonds. The van der Waals surface area contributed by atoms with Gasteiger partial charge < -0.3 is 4.98 Å². The molecule has 2 aliphatic rings. The number of hydrogen-bond acceptors (Lipinski definition) is 5. The third-order valence-corrected chi connectivity index (χ3v) is 5.05. The Hall–Kier alpha value is -2.28. The summed E-state index contributed by atoms with van der Waals surface area (Å²) >= 11 is 0. The van der Waals surface area contributed by atoms with Gasteiger partial charge in [-0.1, -0.05) is 0 Å². The largest absolute Gasteiger partial charge is 0.305 e. The summed E-state index contributed by atoms with van der Waals surface area (Å²) < 4.78 is 1.84. The molecule has 4 heterocycles. The van der Waals surface area contributed by atoms with Gasteiger partial charge >= 0.3 is 0 Å². The third-order valence-electron chi connectivity index (χ3n) is 5.05. The van der Waals surface area contributed by atoms with Gasteiger partial charge in [-0.15, -0.1) is 0 Å². The van der Waals surface area contributed by atoms with Crippen molar-refractivity contribution in [2.24, 2.45) is 12.0 Å². The summed E-state index contributed by atoms with van der Waals surface area (Å²) in [4.78, 5) is 27.1. The average molecular weight is 340 g/mol. The van der Waals surface area contributed by atoms with E-state index in [9.17, 15) is 4.79 Å². The van der Waals surface area contributed by atoms with E-state index in [1.807, 2.05) is 18.7 Å². The molecule has 0 unspecified atom stereocenters. The highest BCUT2D eigenvalue weighted by molar-refractivity contribution is 5.97. The Balaban J connectivity index is 1.56. The van der Waals surface area contributed by atoms with Crippen LogP contribution in [0.2, 0.25) is 0 Å². The second kappa shape index (κ2) is 6.55. The van der Waals surface area contributed by atoms with E-state index >= 15 is 0 Å². The molecular formula is C18H24N6O. The first kappa shape index (κ1) is 16.2. The van der Waals surface area contributed by atoms with E-state index in [-0.39, 0.29) is 5.56 Å². The standard InChI is InChI=1S/C18H24N6O/c1-12-13(9-23(2)22-12)10-24-8-6-15-14(11-24)18(25)21-17(20-15)16-5-3-4-7-19-16/h9H,3-8,10-11H2,1-2H3,(H,20,21,25). The van der Waals surface area contributed by atoms with Crippen molar-refractivity contribution in [2.75, 3.05) is 13.1 Å². The van der Waals surface area contributed by atoms with Crippen molar-refractivity contribution in [1.29, 1.82) is 0 Å². The van der Waals surface area contributed by atoms with Gasteiger partial charge in [0.1, 0.15) is 0 Å². The number of nitrogens with one attached hydrogen (secondary N) is 1. The van der Waals surface area contributed by atoms with Crippen LogP contribution in [0, 0.1) is 6.92 Å². The van der Waals surface area contributed by atoms with Crippen LogP contribution >= 0.6 is 0 Å². The lowest BCUT2D eigenvalue weighted by Gasteiger charge is -2.27. The molecule has 7 heteroatoms. The molecule has 4 rings (SSSR count). The molecule has 0 bridgehead atoms. The van der Waals surface area contributed by atoms with Crippen LogP contribution in [0.15, 0.2) is 16.0 Å². The van der Waals surface area contributed by atoms with E-state index in [0.29, 0.717) is 12.4 Å². The molecule has 25 heavy (non-hydrogen) atoms. The molecule has 0 fully saturated rings. The van der Waals surface area contributed by atoms with Crippen molar-refractivity contribution >= 4 is 5.71 Å². The Bertz CT molecular complexity index is 878. The van der Waals surface area contributed by atoms with Gasteiger partial charge in [-0.3, -0.25) is 19.4 Å². The lowest BCUT2D eigenvalue weighted by Crippen LogP contribution is -2.36. The number of aryl methyl sites for hydroxylation is 2. The van der Waals surface area contributed by atoms with Crippen LogP contribution in [0.25, 0.3) is 0 Å². The summed E-state index contributed by atoms with van der Waals surface area (Å²) in [5.74, 6) is 0.681. The normalized spacial score (nSPS) is 18.1. The fourth-order valence-electron chi connectivity index (χ4n) is 3.69. The monoisotopic (exact) mass is 340 g/mol. The van der Waals surface area contributed by atoms with Gasteiger partial charge in [-0.2, -0.15) is 5.10 Å². The van der Waals surface area contributed by atoms with Crippen LogP contribution in [0.4, 0.5) is 0 Å². The van der Waals surface area contributed by atoms with E-state index in [4.69, 9.17) is 4.98 Å². The molecule has 2 aromatic heterocycles. The van der Waals surface area contributed by atoms with Gasteiger partial charge in [0.2, 0.25) is 0 Å². The molecule has 132 valence electrons. The fraction of sp³-hybridized carbons (Fsp3) is 0.556. The molecule has 0 aliphatic carbocycles. The summed E-state index contributed by atoms with van der Waals surface area (Å²) in [6, 6.07) is 0. The summed E-state index contributed by atoms with van der Waals surface area (Å²) in [6.45, 7) is 5.22. The quantitative estimate of drug-likeness (QED) is 0.914. The average Bonchev–Trinajstić information content (AvgIpc) is 2.93. The SMILES string of the molecule is Cc1nn(C)cc1CN1CCc2nc(C3=NCCCC3)[nH]c(=O)c2C1. The number of aromatic nitrogens is 4. The highest BCUT2D eigenvalue weighted by Gasteiger charge is 2.23. The Morgan fingerprint density at radius 2 is 2.16 bits per heavy atom. The van der Waals surface area contributed by atoms with Crippen molar-refractivity contribution in [3.8, 4) is 0 Å². The van der Waals surface area contributed by atoms with Gasteiger partial charge in [0, 0.05) is 51.4 Å². The Labute approximate surface area is 146 Å². The number of fused-ring (bicyclic) bond motifs is 1. The molecule has 0 radical (unpaired) electrons. The molecule has 2 aromatic rings. The Kier molecular flexibility index (Phi) is 4.25. The van der Waals surface area contributed by atoms with E-state index in [2.05, 4.69) is 26.2 Å². The maximum atomic E-state index is 12.6. The Morgan fingerprint density at radius 1 is 1.28 bits per heavy atom. The zero-order valence-corrected chi connectivity index (χ0v) is 14.9. The summed E-state index contributed by atoms with van der Waals surface area (Å²) in [5.41, 5.74) is 4.94. The predicted octanol–water partition coefficient (Wildman–Crippen LogP) is 1.34. The van der Waals surface area contributed by atoms with Crippen molar-refractivity contribution in [2.45, 2.75) is 45.7 Å². The molecule has 0 atom stereocenters. The smallest absolute Gasteiger partial charge is 0.255 e. The van der Waals surface area contributed by atoms with Crippen molar-refractivity contribution in [3.05, 3.63) is 44.9 Å². The number of aromatic amines is 1. The molecule has 0 saturated heterocycles. The summed E-state index contributed by atoms with van der Waals surface area (Å²) in [7, 11) is 1.94. The first-order chi connectivity index (χ1) is 12.1. The van der Waals surface area contributed by atoms with Crippen LogP contribution < -0.4 is 5.56 Å². The molecule has 0 aromatic carbocycles. The number of aliphatic imine (C=N–C) groups is 1. The van der Waals surface area contributed by atoms with Gasteiger partial charge in [-0.05, 0) is 26.2 Å². The molecular weight excluding hydrogens is 316 g/mol. The summed E-state index contributed by atoms with van der Waals surface area (Å²) in [6.07, 6.45) is 6.02. The molecule has 0 saturated carbocycles. The molecule has 0 spiro atoms. The van der Waals surface area contributed by atoms with Crippen LogP contribution in [0.5, 0.6) is 0 Å².